The zero-order valence-corrected chi connectivity index (χ0v) is 14.2. The summed E-state index contributed by atoms with van der Waals surface area (Å²) in [6, 6.07) is 10.7. The molecule has 0 spiro atoms. The van der Waals surface area contributed by atoms with Crippen LogP contribution >= 0.6 is 0 Å². The van der Waals surface area contributed by atoms with Crippen molar-refractivity contribution in [2.75, 3.05) is 5.32 Å². The van der Waals surface area contributed by atoms with Crippen LogP contribution in [0.15, 0.2) is 36.4 Å². The smallest absolute Gasteiger partial charge is 0.336 e. The van der Waals surface area contributed by atoms with Crippen molar-refractivity contribution in [1.29, 1.82) is 0 Å². The van der Waals surface area contributed by atoms with Crippen molar-refractivity contribution >= 4 is 17.6 Å². The first-order valence-corrected chi connectivity index (χ1v) is 7.66. The molecule has 0 bridgehead atoms. The summed E-state index contributed by atoms with van der Waals surface area (Å²) in [7, 11) is 0. The number of rotatable bonds is 5. The molecule has 0 fully saturated rings. The number of carboxylic acids is 1. The predicted molar refractivity (Wildman–Crippen MR) is 92.8 cm³/mol. The Morgan fingerprint density at radius 1 is 1.08 bits per heavy atom. The van der Waals surface area contributed by atoms with E-state index >= 15 is 0 Å². The second-order valence-corrected chi connectivity index (χ2v) is 5.85. The molecule has 2 N–H and O–H groups in total. The summed E-state index contributed by atoms with van der Waals surface area (Å²) < 4.78 is 5.64. The minimum atomic E-state index is -1.02. The van der Waals surface area contributed by atoms with E-state index in [1.54, 1.807) is 26.0 Å². The number of hydrogen-bond acceptors (Lipinski definition) is 3. The molecule has 0 aliphatic heterocycles. The summed E-state index contributed by atoms with van der Waals surface area (Å²) >= 11 is 0. The van der Waals surface area contributed by atoms with E-state index in [0.717, 1.165) is 11.1 Å². The van der Waals surface area contributed by atoms with Crippen LogP contribution in [-0.4, -0.2) is 23.1 Å². The third kappa shape index (κ3) is 4.13. The fourth-order valence-electron chi connectivity index (χ4n) is 2.40. The van der Waals surface area contributed by atoms with Crippen molar-refractivity contribution < 1.29 is 19.4 Å². The SMILES string of the molecule is Cc1cccc(OC(C)C(=O)Nc2cc(C(=O)O)c(C)cc2C)c1. The fourth-order valence-corrected chi connectivity index (χ4v) is 2.40. The van der Waals surface area contributed by atoms with Crippen LogP contribution in [0.5, 0.6) is 5.75 Å². The Bertz CT molecular complexity index is 783. The lowest BCUT2D eigenvalue weighted by molar-refractivity contribution is -0.122. The summed E-state index contributed by atoms with van der Waals surface area (Å²) in [5.41, 5.74) is 3.14. The predicted octanol–water partition coefficient (Wildman–Crippen LogP) is 3.72. The van der Waals surface area contributed by atoms with Gasteiger partial charge in [-0.2, -0.15) is 0 Å². The average molecular weight is 327 g/mol. The number of amides is 1. The van der Waals surface area contributed by atoms with Crippen LogP contribution in [-0.2, 0) is 4.79 Å². The molecule has 126 valence electrons. The van der Waals surface area contributed by atoms with Crippen molar-refractivity contribution in [1.82, 2.24) is 0 Å². The standard InChI is InChI=1S/C19H21NO4/c1-11-6-5-7-15(8-11)24-14(4)18(21)20-17-10-16(19(22)23)12(2)9-13(17)3/h5-10,14H,1-4H3,(H,20,21)(H,22,23). The number of hydrogen-bond donors (Lipinski definition) is 2. The largest absolute Gasteiger partial charge is 0.481 e. The first kappa shape index (κ1) is 17.5. The molecule has 2 aromatic rings. The summed E-state index contributed by atoms with van der Waals surface area (Å²) in [5.74, 6) is -0.739. The highest BCUT2D eigenvalue weighted by atomic mass is 16.5. The van der Waals surface area contributed by atoms with Gasteiger partial charge < -0.3 is 15.2 Å². The second kappa shape index (κ2) is 7.17. The number of nitrogens with one attached hydrogen (secondary N) is 1. The van der Waals surface area contributed by atoms with Gasteiger partial charge in [0.1, 0.15) is 5.75 Å². The maximum atomic E-state index is 12.3. The lowest BCUT2D eigenvalue weighted by Crippen LogP contribution is -2.30. The fraction of sp³-hybridized carbons (Fsp3) is 0.263. The van der Waals surface area contributed by atoms with Crippen LogP contribution in [0, 0.1) is 20.8 Å². The van der Waals surface area contributed by atoms with Gasteiger partial charge in [0.2, 0.25) is 0 Å². The second-order valence-electron chi connectivity index (χ2n) is 5.85. The Kier molecular flexibility index (Phi) is 5.24. The van der Waals surface area contributed by atoms with Crippen LogP contribution in [0.3, 0.4) is 0 Å². The monoisotopic (exact) mass is 327 g/mol. The molecule has 0 saturated carbocycles. The van der Waals surface area contributed by atoms with Crippen LogP contribution < -0.4 is 10.1 Å². The summed E-state index contributed by atoms with van der Waals surface area (Å²) in [6.07, 6.45) is -0.708. The first-order chi connectivity index (χ1) is 11.3. The molecule has 0 aliphatic rings. The molecular formula is C19H21NO4. The minimum Gasteiger partial charge on any atom is -0.481 e. The van der Waals surface area contributed by atoms with Gasteiger partial charge in [-0.3, -0.25) is 4.79 Å². The molecular weight excluding hydrogens is 306 g/mol. The van der Waals surface area contributed by atoms with Gasteiger partial charge in [0, 0.05) is 5.69 Å². The highest BCUT2D eigenvalue weighted by Gasteiger charge is 2.17. The molecule has 0 saturated heterocycles. The number of aryl methyl sites for hydroxylation is 3. The number of anilines is 1. The van der Waals surface area contributed by atoms with Crippen molar-refractivity contribution in [3.05, 3.63) is 58.7 Å². The third-order valence-electron chi connectivity index (χ3n) is 3.73. The van der Waals surface area contributed by atoms with E-state index < -0.39 is 12.1 Å². The molecule has 1 atom stereocenters. The first-order valence-electron chi connectivity index (χ1n) is 7.66. The topological polar surface area (TPSA) is 75.6 Å². The van der Waals surface area contributed by atoms with E-state index in [-0.39, 0.29) is 11.5 Å². The van der Waals surface area contributed by atoms with Crippen molar-refractivity contribution in [2.45, 2.75) is 33.8 Å². The van der Waals surface area contributed by atoms with Crippen molar-refractivity contribution in [3.8, 4) is 5.75 Å². The Labute approximate surface area is 141 Å². The van der Waals surface area contributed by atoms with Crippen molar-refractivity contribution in [3.63, 3.8) is 0 Å². The number of carbonyl (C=O) groups excluding carboxylic acids is 1. The maximum Gasteiger partial charge on any atom is 0.336 e. The summed E-state index contributed by atoms with van der Waals surface area (Å²) in [4.78, 5) is 23.6. The van der Waals surface area contributed by atoms with Crippen molar-refractivity contribution in [2.24, 2.45) is 0 Å². The normalized spacial score (nSPS) is 11.7. The zero-order chi connectivity index (χ0) is 17.9. The Balaban J connectivity index is 2.14. The molecule has 1 amide bonds. The lowest BCUT2D eigenvalue weighted by Gasteiger charge is -2.17. The Morgan fingerprint density at radius 2 is 1.79 bits per heavy atom. The molecule has 5 nitrogen and oxygen atoms in total. The van der Waals surface area contributed by atoms with Gasteiger partial charge in [-0.15, -0.1) is 0 Å². The van der Waals surface area contributed by atoms with Gasteiger partial charge in [0.25, 0.3) is 5.91 Å². The molecule has 24 heavy (non-hydrogen) atoms. The Hall–Kier alpha value is -2.82. The average Bonchev–Trinajstić information content (AvgIpc) is 2.49. The van der Waals surface area contributed by atoms with Crippen LogP contribution in [0.1, 0.15) is 34.0 Å². The van der Waals surface area contributed by atoms with E-state index in [9.17, 15) is 14.7 Å². The zero-order valence-electron chi connectivity index (χ0n) is 14.2. The Morgan fingerprint density at radius 3 is 2.42 bits per heavy atom. The molecule has 2 aromatic carbocycles. The highest BCUT2D eigenvalue weighted by Crippen LogP contribution is 2.22. The lowest BCUT2D eigenvalue weighted by atomic mass is 10.0. The van der Waals surface area contributed by atoms with Crippen LogP contribution in [0.4, 0.5) is 5.69 Å². The van der Waals surface area contributed by atoms with Crippen LogP contribution in [0.25, 0.3) is 0 Å². The molecule has 5 heteroatoms. The van der Waals surface area contributed by atoms with Gasteiger partial charge in [-0.25, -0.2) is 4.79 Å². The van der Waals surface area contributed by atoms with Gasteiger partial charge in [0.05, 0.1) is 5.56 Å². The number of ether oxygens (including phenoxy) is 1. The number of carboxylic acid groups (broad SMARTS) is 1. The van der Waals surface area contributed by atoms with Crippen LogP contribution in [0.2, 0.25) is 0 Å². The molecule has 1 unspecified atom stereocenters. The molecule has 2 rings (SSSR count). The van der Waals surface area contributed by atoms with E-state index in [1.807, 2.05) is 32.0 Å². The van der Waals surface area contributed by atoms with E-state index in [2.05, 4.69) is 5.32 Å². The van der Waals surface area contributed by atoms with Gasteiger partial charge in [0.15, 0.2) is 6.10 Å². The van der Waals surface area contributed by atoms with E-state index in [4.69, 9.17) is 4.74 Å². The van der Waals surface area contributed by atoms with Gasteiger partial charge in [-0.05, 0) is 62.6 Å². The molecule has 0 aromatic heterocycles. The minimum absolute atomic E-state index is 0.170. The maximum absolute atomic E-state index is 12.3. The molecule has 0 aliphatic carbocycles. The highest BCUT2D eigenvalue weighted by molar-refractivity contribution is 5.97. The third-order valence-corrected chi connectivity index (χ3v) is 3.73. The molecule has 0 radical (unpaired) electrons. The number of benzene rings is 2. The van der Waals surface area contributed by atoms with E-state index in [0.29, 0.717) is 17.0 Å². The number of carbonyl (C=O) groups is 2. The quantitative estimate of drug-likeness (QED) is 0.877. The summed E-state index contributed by atoms with van der Waals surface area (Å²) in [6.45, 7) is 7.14. The summed E-state index contributed by atoms with van der Waals surface area (Å²) in [5, 5.41) is 11.9. The van der Waals surface area contributed by atoms with E-state index in [1.165, 1.54) is 6.07 Å². The van der Waals surface area contributed by atoms with Gasteiger partial charge >= 0.3 is 5.97 Å². The molecule has 0 heterocycles. The number of aromatic carboxylic acids is 1. The van der Waals surface area contributed by atoms with Gasteiger partial charge in [-0.1, -0.05) is 18.2 Å².